The van der Waals surface area contributed by atoms with Crippen LogP contribution in [-0.2, 0) is 11.2 Å². The van der Waals surface area contributed by atoms with E-state index in [1.807, 2.05) is 0 Å². The lowest BCUT2D eigenvalue weighted by atomic mass is 9.82. The molecule has 134 valence electrons. The van der Waals surface area contributed by atoms with Crippen molar-refractivity contribution in [2.45, 2.75) is 77.2 Å². The van der Waals surface area contributed by atoms with E-state index in [2.05, 4.69) is 31.2 Å². The first kappa shape index (κ1) is 17.8. The van der Waals surface area contributed by atoms with Crippen LogP contribution >= 0.6 is 0 Å². The molecule has 0 spiro atoms. The maximum atomic E-state index is 6.08. The van der Waals surface area contributed by atoms with E-state index in [4.69, 9.17) is 9.47 Å². The second-order valence-corrected chi connectivity index (χ2v) is 7.94. The zero-order valence-corrected chi connectivity index (χ0v) is 15.3. The van der Waals surface area contributed by atoms with Crippen LogP contribution in [-0.4, -0.2) is 19.3 Å². The molecule has 0 N–H and O–H groups in total. The lowest BCUT2D eigenvalue weighted by Crippen LogP contribution is -2.17. The van der Waals surface area contributed by atoms with Crippen LogP contribution in [0.5, 0.6) is 5.75 Å². The lowest BCUT2D eigenvalue weighted by molar-refractivity contribution is 0.0676. The summed E-state index contributed by atoms with van der Waals surface area (Å²) in [6.07, 6.45) is 13.7. The Morgan fingerprint density at radius 3 is 2.71 bits per heavy atom. The number of aryl methyl sites for hydroxylation is 1. The van der Waals surface area contributed by atoms with Crippen molar-refractivity contribution in [2.75, 3.05) is 13.2 Å². The molecule has 0 amide bonds. The van der Waals surface area contributed by atoms with Gasteiger partial charge in [0.2, 0.25) is 0 Å². The number of ether oxygens (including phenoxy) is 2. The third-order valence-corrected chi connectivity index (χ3v) is 5.79. The number of rotatable bonds is 8. The fourth-order valence-electron chi connectivity index (χ4n) is 4.32. The third kappa shape index (κ3) is 5.51. The fourth-order valence-corrected chi connectivity index (χ4v) is 4.32. The molecule has 3 rings (SSSR count). The SMILES string of the molecule is CC(CCc1ccccc1OCC1CCCO1)CC1CCCCC1. The van der Waals surface area contributed by atoms with E-state index < -0.39 is 0 Å². The normalized spacial score (nSPS) is 23.3. The summed E-state index contributed by atoms with van der Waals surface area (Å²) >= 11 is 0. The van der Waals surface area contributed by atoms with Crippen LogP contribution in [0, 0.1) is 11.8 Å². The Balaban J connectivity index is 1.45. The van der Waals surface area contributed by atoms with Crippen LogP contribution in [0.25, 0.3) is 0 Å². The molecule has 2 fully saturated rings. The monoisotopic (exact) mass is 330 g/mol. The Bertz CT molecular complexity index is 473. The van der Waals surface area contributed by atoms with Gasteiger partial charge in [0.25, 0.3) is 0 Å². The van der Waals surface area contributed by atoms with Crippen molar-refractivity contribution in [1.82, 2.24) is 0 Å². The molecule has 1 aromatic rings. The molecule has 2 unspecified atom stereocenters. The molecule has 1 heterocycles. The summed E-state index contributed by atoms with van der Waals surface area (Å²) in [7, 11) is 0. The van der Waals surface area contributed by atoms with E-state index in [-0.39, 0.29) is 0 Å². The first-order valence-corrected chi connectivity index (χ1v) is 10.1. The average Bonchev–Trinajstić information content (AvgIpc) is 3.13. The Labute approximate surface area is 147 Å². The Kier molecular flexibility index (Phi) is 7.01. The van der Waals surface area contributed by atoms with Crippen LogP contribution in [0.2, 0.25) is 0 Å². The molecule has 1 aliphatic heterocycles. The van der Waals surface area contributed by atoms with Crippen molar-refractivity contribution in [3.05, 3.63) is 29.8 Å². The van der Waals surface area contributed by atoms with Gasteiger partial charge in [-0.25, -0.2) is 0 Å². The summed E-state index contributed by atoms with van der Waals surface area (Å²) in [4.78, 5) is 0. The Morgan fingerprint density at radius 2 is 1.92 bits per heavy atom. The molecule has 2 atom stereocenters. The standard InChI is InChI=1S/C22H34O2/c1-18(16-19-8-3-2-4-9-19)13-14-20-10-5-6-12-22(20)24-17-21-11-7-15-23-21/h5-6,10,12,18-19,21H,2-4,7-9,11,13-17H2,1H3. The van der Waals surface area contributed by atoms with Crippen molar-refractivity contribution in [3.63, 3.8) is 0 Å². The highest BCUT2D eigenvalue weighted by Gasteiger charge is 2.18. The van der Waals surface area contributed by atoms with Gasteiger partial charge in [0.1, 0.15) is 12.4 Å². The van der Waals surface area contributed by atoms with E-state index in [9.17, 15) is 0 Å². The Hall–Kier alpha value is -1.02. The average molecular weight is 331 g/mol. The Morgan fingerprint density at radius 1 is 1.08 bits per heavy atom. The second kappa shape index (κ2) is 9.46. The molecule has 2 aliphatic rings. The summed E-state index contributed by atoms with van der Waals surface area (Å²) in [6.45, 7) is 4.04. The summed E-state index contributed by atoms with van der Waals surface area (Å²) in [6, 6.07) is 8.58. The van der Waals surface area contributed by atoms with Crippen LogP contribution in [0.15, 0.2) is 24.3 Å². The van der Waals surface area contributed by atoms with Crippen molar-refractivity contribution in [1.29, 1.82) is 0 Å². The first-order valence-electron chi connectivity index (χ1n) is 10.1. The molecule has 0 aromatic heterocycles. The van der Waals surface area contributed by atoms with Gasteiger partial charge < -0.3 is 9.47 Å². The largest absolute Gasteiger partial charge is 0.491 e. The van der Waals surface area contributed by atoms with Gasteiger partial charge in [0.05, 0.1) is 6.10 Å². The van der Waals surface area contributed by atoms with Gasteiger partial charge in [-0.1, -0.05) is 57.2 Å². The highest BCUT2D eigenvalue weighted by molar-refractivity contribution is 5.33. The molecular weight excluding hydrogens is 296 g/mol. The van der Waals surface area contributed by atoms with Gasteiger partial charge >= 0.3 is 0 Å². The summed E-state index contributed by atoms with van der Waals surface area (Å²) < 4.78 is 11.8. The van der Waals surface area contributed by atoms with Crippen LogP contribution in [0.1, 0.15) is 70.3 Å². The lowest BCUT2D eigenvalue weighted by Gasteiger charge is -2.24. The molecular formula is C22H34O2. The van der Waals surface area contributed by atoms with E-state index in [1.54, 1.807) is 0 Å². The predicted molar refractivity (Wildman–Crippen MR) is 99.6 cm³/mol. The number of hydrogen-bond donors (Lipinski definition) is 0. The molecule has 1 saturated carbocycles. The summed E-state index contributed by atoms with van der Waals surface area (Å²) in [5.41, 5.74) is 1.37. The van der Waals surface area contributed by atoms with Crippen LogP contribution < -0.4 is 4.74 Å². The summed E-state index contributed by atoms with van der Waals surface area (Å²) in [5.74, 6) is 2.87. The van der Waals surface area contributed by atoms with E-state index in [0.29, 0.717) is 12.7 Å². The summed E-state index contributed by atoms with van der Waals surface area (Å²) in [5, 5.41) is 0. The van der Waals surface area contributed by atoms with Gasteiger partial charge in [-0.3, -0.25) is 0 Å². The maximum absolute atomic E-state index is 6.08. The molecule has 24 heavy (non-hydrogen) atoms. The number of hydrogen-bond acceptors (Lipinski definition) is 2. The second-order valence-electron chi connectivity index (χ2n) is 7.94. The minimum atomic E-state index is 0.295. The minimum Gasteiger partial charge on any atom is -0.491 e. The highest BCUT2D eigenvalue weighted by atomic mass is 16.5. The van der Waals surface area contributed by atoms with E-state index in [1.165, 1.54) is 56.9 Å². The van der Waals surface area contributed by atoms with Gasteiger partial charge in [0, 0.05) is 6.61 Å². The number of para-hydroxylation sites is 1. The van der Waals surface area contributed by atoms with Gasteiger partial charge in [-0.15, -0.1) is 0 Å². The first-order chi connectivity index (χ1) is 11.8. The fraction of sp³-hybridized carbons (Fsp3) is 0.727. The van der Waals surface area contributed by atoms with Crippen LogP contribution in [0.4, 0.5) is 0 Å². The molecule has 1 aromatic carbocycles. The maximum Gasteiger partial charge on any atom is 0.122 e. The van der Waals surface area contributed by atoms with E-state index in [0.717, 1.165) is 37.0 Å². The van der Waals surface area contributed by atoms with Crippen molar-refractivity contribution in [3.8, 4) is 5.75 Å². The smallest absolute Gasteiger partial charge is 0.122 e. The van der Waals surface area contributed by atoms with Crippen LogP contribution in [0.3, 0.4) is 0 Å². The number of benzene rings is 1. The topological polar surface area (TPSA) is 18.5 Å². The zero-order valence-electron chi connectivity index (χ0n) is 15.3. The highest BCUT2D eigenvalue weighted by Crippen LogP contribution is 2.31. The molecule has 2 nitrogen and oxygen atoms in total. The molecule has 0 radical (unpaired) electrons. The molecule has 1 saturated heterocycles. The minimum absolute atomic E-state index is 0.295. The molecule has 2 heteroatoms. The van der Waals surface area contributed by atoms with Gasteiger partial charge in [0.15, 0.2) is 0 Å². The van der Waals surface area contributed by atoms with Crippen molar-refractivity contribution >= 4 is 0 Å². The zero-order chi connectivity index (χ0) is 16.6. The molecule has 1 aliphatic carbocycles. The third-order valence-electron chi connectivity index (χ3n) is 5.79. The van der Waals surface area contributed by atoms with E-state index >= 15 is 0 Å². The van der Waals surface area contributed by atoms with Gasteiger partial charge in [-0.05, 0) is 55.6 Å². The predicted octanol–water partition coefficient (Wildman–Crippen LogP) is 5.78. The quantitative estimate of drug-likeness (QED) is 0.601. The molecule has 0 bridgehead atoms. The van der Waals surface area contributed by atoms with Crippen molar-refractivity contribution in [2.24, 2.45) is 11.8 Å². The van der Waals surface area contributed by atoms with Gasteiger partial charge in [-0.2, -0.15) is 0 Å². The van der Waals surface area contributed by atoms with Crippen molar-refractivity contribution < 1.29 is 9.47 Å².